The smallest absolute Gasteiger partial charge is 0.0965 e. The van der Waals surface area contributed by atoms with Crippen LogP contribution in [0.1, 0.15) is 18.4 Å². The van der Waals surface area contributed by atoms with Gasteiger partial charge in [-0.25, -0.2) is 0 Å². The Morgan fingerprint density at radius 2 is 1.75 bits per heavy atom. The van der Waals surface area contributed by atoms with E-state index < -0.39 is 0 Å². The van der Waals surface area contributed by atoms with Gasteiger partial charge in [0.25, 0.3) is 0 Å². The molecule has 2 bridgehead atoms. The van der Waals surface area contributed by atoms with Crippen LogP contribution in [0.4, 0.5) is 0 Å². The second-order valence-electron chi connectivity index (χ2n) is 5.91. The molecule has 20 heavy (non-hydrogen) atoms. The summed E-state index contributed by atoms with van der Waals surface area (Å²) in [6.07, 6.45) is 4.18. The molecule has 102 valence electrons. The molecular weight excluding hydrogens is 246 g/mol. The average Bonchev–Trinajstić information content (AvgIpc) is 2.51. The largest absolute Gasteiger partial charge is 0.387 e. The van der Waals surface area contributed by atoms with Crippen LogP contribution in [0, 0.1) is 5.92 Å². The lowest BCUT2D eigenvalue weighted by molar-refractivity contribution is 0.0215. The molecule has 2 aromatic rings. The molecule has 2 nitrogen and oxygen atoms in total. The van der Waals surface area contributed by atoms with Gasteiger partial charge in [-0.3, -0.25) is 0 Å². The lowest BCUT2D eigenvalue weighted by Crippen LogP contribution is -2.48. The van der Waals surface area contributed by atoms with Crippen molar-refractivity contribution in [3.05, 3.63) is 53.7 Å². The number of hydrogen-bond acceptors (Lipinski definition) is 2. The van der Waals surface area contributed by atoms with Crippen molar-refractivity contribution in [2.24, 2.45) is 5.92 Å². The maximum atomic E-state index is 10.5. The molecule has 3 aliphatic heterocycles. The second kappa shape index (κ2) is 4.64. The quantitative estimate of drug-likeness (QED) is 0.855. The first-order valence-corrected chi connectivity index (χ1v) is 7.45. The van der Waals surface area contributed by atoms with Crippen molar-refractivity contribution < 1.29 is 5.11 Å². The molecule has 3 aliphatic rings. The van der Waals surface area contributed by atoms with Gasteiger partial charge in [0.15, 0.2) is 0 Å². The Morgan fingerprint density at radius 1 is 1.00 bits per heavy atom. The zero-order chi connectivity index (χ0) is 13.5. The van der Waals surface area contributed by atoms with Crippen LogP contribution in [0.2, 0.25) is 0 Å². The fraction of sp³-hybridized carbons (Fsp3) is 0.333. The zero-order valence-corrected chi connectivity index (χ0v) is 11.5. The number of aliphatic hydroxyl groups is 1. The number of hydrogen-bond donors (Lipinski definition) is 1. The van der Waals surface area contributed by atoms with Crippen LogP contribution in [0.3, 0.4) is 0 Å². The number of piperidine rings is 3. The molecule has 3 heterocycles. The summed E-state index contributed by atoms with van der Waals surface area (Å²) in [6, 6.07) is 14.8. The Balaban J connectivity index is 1.82. The third-order valence-corrected chi connectivity index (χ3v) is 4.78. The van der Waals surface area contributed by atoms with Crippen LogP contribution >= 0.6 is 0 Å². The molecule has 0 saturated carbocycles. The summed E-state index contributed by atoms with van der Waals surface area (Å²) in [7, 11) is 0. The molecule has 0 amide bonds. The highest BCUT2D eigenvalue weighted by Crippen LogP contribution is 2.36. The molecule has 2 aromatic carbocycles. The molecule has 3 fully saturated rings. The summed E-state index contributed by atoms with van der Waals surface area (Å²) in [5, 5.41) is 13.0. The summed E-state index contributed by atoms with van der Waals surface area (Å²) >= 11 is 0. The van der Waals surface area contributed by atoms with E-state index in [1.165, 1.54) is 16.3 Å². The first kappa shape index (κ1) is 12.0. The molecule has 3 saturated heterocycles. The summed E-state index contributed by atoms with van der Waals surface area (Å²) in [5.74, 6) is 0.459. The van der Waals surface area contributed by atoms with E-state index in [1.807, 2.05) is 0 Å². The SMILES string of the molecule is O[C@H]1/C(=C/c2cccc3ccccc23)N2CCC1CC2. The van der Waals surface area contributed by atoms with E-state index in [0.29, 0.717) is 5.92 Å². The molecular formula is C18H19NO. The van der Waals surface area contributed by atoms with E-state index in [-0.39, 0.29) is 6.10 Å². The molecule has 0 aromatic heterocycles. The molecule has 0 spiro atoms. The van der Waals surface area contributed by atoms with Crippen LogP contribution in [0.25, 0.3) is 16.8 Å². The Hall–Kier alpha value is -1.80. The van der Waals surface area contributed by atoms with E-state index in [9.17, 15) is 5.11 Å². The molecule has 1 N–H and O–H groups in total. The maximum Gasteiger partial charge on any atom is 0.0965 e. The van der Waals surface area contributed by atoms with Gasteiger partial charge in [-0.05, 0) is 41.2 Å². The van der Waals surface area contributed by atoms with Gasteiger partial charge in [0.05, 0.1) is 6.10 Å². The topological polar surface area (TPSA) is 23.5 Å². The minimum absolute atomic E-state index is 0.281. The molecule has 0 radical (unpaired) electrons. The predicted octanol–water partition coefficient (Wildman–Crippen LogP) is 3.27. The minimum atomic E-state index is -0.281. The van der Waals surface area contributed by atoms with Crippen molar-refractivity contribution in [1.82, 2.24) is 4.90 Å². The zero-order valence-electron chi connectivity index (χ0n) is 11.5. The van der Waals surface area contributed by atoms with Crippen molar-refractivity contribution in [3.63, 3.8) is 0 Å². The van der Waals surface area contributed by atoms with Crippen molar-refractivity contribution in [2.45, 2.75) is 18.9 Å². The van der Waals surface area contributed by atoms with Gasteiger partial charge in [-0.1, -0.05) is 42.5 Å². The Kier molecular flexibility index (Phi) is 2.78. The van der Waals surface area contributed by atoms with E-state index >= 15 is 0 Å². The molecule has 1 atom stereocenters. The third kappa shape index (κ3) is 1.83. The van der Waals surface area contributed by atoms with E-state index in [4.69, 9.17) is 0 Å². The highest BCUT2D eigenvalue weighted by atomic mass is 16.3. The van der Waals surface area contributed by atoms with Gasteiger partial charge in [-0.2, -0.15) is 0 Å². The summed E-state index contributed by atoms with van der Waals surface area (Å²) in [5.41, 5.74) is 2.33. The summed E-state index contributed by atoms with van der Waals surface area (Å²) < 4.78 is 0. The van der Waals surface area contributed by atoms with Crippen molar-refractivity contribution in [2.75, 3.05) is 13.1 Å². The van der Waals surface area contributed by atoms with Gasteiger partial charge in [0.1, 0.15) is 0 Å². The van der Waals surface area contributed by atoms with Crippen molar-refractivity contribution in [1.29, 1.82) is 0 Å². The first-order valence-electron chi connectivity index (χ1n) is 7.45. The summed E-state index contributed by atoms with van der Waals surface area (Å²) in [6.45, 7) is 2.19. The monoisotopic (exact) mass is 265 g/mol. The Bertz CT molecular complexity index is 659. The van der Waals surface area contributed by atoms with Gasteiger partial charge in [-0.15, -0.1) is 0 Å². The predicted molar refractivity (Wildman–Crippen MR) is 82.2 cm³/mol. The number of nitrogens with zero attached hydrogens (tertiary/aromatic N) is 1. The molecule has 5 rings (SSSR count). The van der Waals surface area contributed by atoms with Gasteiger partial charge in [0, 0.05) is 18.8 Å². The minimum Gasteiger partial charge on any atom is -0.387 e. The van der Waals surface area contributed by atoms with Crippen LogP contribution in [-0.2, 0) is 0 Å². The van der Waals surface area contributed by atoms with Crippen molar-refractivity contribution in [3.8, 4) is 0 Å². The fourth-order valence-corrected chi connectivity index (χ4v) is 3.61. The molecule has 2 heteroatoms. The van der Waals surface area contributed by atoms with Gasteiger partial charge in [0.2, 0.25) is 0 Å². The Labute approximate surface area is 119 Å². The van der Waals surface area contributed by atoms with E-state index in [0.717, 1.165) is 31.6 Å². The standard InChI is InChI=1S/C18H19NO/c20-18-14-8-10-19(11-9-14)17(18)12-15-6-3-5-13-4-1-2-7-16(13)15/h1-7,12,14,18,20H,8-11H2/b17-12-/t18-/m1/s1. The average molecular weight is 265 g/mol. The lowest BCUT2D eigenvalue weighted by Gasteiger charge is -2.46. The fourth-order valence-electron chi connectivity index (χ4n) is 3.61. The lowest BCUT2D eigenvalue weighted by atomic mass is 9.83. The van der Waals surface area contributed by atoms with E-state index in [2.05, 4.69) is 53.4 Å². The second-order valence-corrected chi connectivity index (χ2v) is 5.91. The molecule has 0 aliphatic carbocycles. The highest BCUT2D eigenvalue weighted by Gasteiger charge is 2.36. The number of benzene rings is 2. The number of fused-ring (bicyclic) bond motifs is 4. The molecule has 0 unspecified atom stereocenters. The van der Waals surface area contributed by atoms with Crippen LogP contribution in [0.15, 0.2) is 48.2 Å². The highest BCUT2D eigenvalue weighted by molar-refractivity contribution is 5.90. The van der Waals surface area contributed by atoms with Crippen molar-refractivity contribution >= 4 is 16.8 Å². The Morgan fingerprint density at radius 3 is 2.55 bits per heavy atom. The van der Waals surface area contributed by atoms with Gasteiger partial charge < -0.3 is 10.0 Å². The number of aliphatic hydroxyl groups excluding tert-OH is 1. The van der Waals surface area contributed by atoms with Crippen LogP contribution < -0.4 is 0 Å². The number of rotatable bonds is 1. The van der Waals surface area contributed by atoms with Gasteiger partial charge >= 0.3 is 0 Å². The normalized spacial score (nSPS) is 27.4. The maximum absolute atomic E-state index is 10.5. The van der Waals surface area contributed by atoms with Crippen LogP contribution in [0.5, 0.6) is 0 Å². The first-order chi connectivity index (χ1) is 9.83. The van der Waals surface area contributed by atoms with Crippen LogP contribution in [-0.4, -0.2) is 29.2 Å². The van der Waals surface area contributed by atoms with E-state index in [1.54, 1.807) is 0 Å². The summed E-state index contributed by atoms with van der Waals surface area (Å²) in [4.78, 5) is 2.35. The third-order valence-electron chi connectivity index (χ3n) is 4.78.